The standard InChI is InChI=1S/C23H28N4O/c1-16-7-6-13-26(18(16)3)22(28)10-14-27-21(20-9-5-11-24-17(20)2)15-19-8-4-12-25-23(19)27/h4-5,8-9,11-12,15-16,18H,6-7,10,13-14H2,1-3H3/t16-,18-/m1/s1. The third kappa shape index (κ3) is 3.41. The number of rotatable bonds is 4. The van der Waals surface area contributed by atoms with Gasteiger partial charge in [0.2, 0.25) is 5.91 Å². The van der Waals surface area contributed by atoms with E-state index in [-0.39, 0.29) is 5.91 Å². The van der Waals surface area contributed by atoms with Crippen LogP contribution >= 0.6 is 0 Å². The molecule has 4 rings (SSSR count). The number of aromatic nitrogens is 3. The van der Waals surface area contributed by atoms with Crippen molar-refractivity contribution in [2.24, 2.45) is 5.92 Å². The van der Waals surface area contributed by atoms with Crippen LogP contribution in [0.3, 0.4) is 0 Å². The molecule has 5 heteroatoms. The minimum atomic E-state index is 0.241. The molecule has 0 spiro atoms. The van der Waals surface area contributed by atoms with E-state index in [1.807, 2.05) is 31.5 Å². The fraction of sp³-hybridized carbons (Fsp3) is 0.435. The van der Waals surface area contributed by atoms with Crippen LogP contribution in [0, 0.1) is 12.8 Å². The number of fused-ring (bicyclic) bond motifs is 1. The van der Waals surface area contributed by atoms with Crippen LogP contribution in [0.15, 0.2) is 42.7 Å². The summed E-state index contributed by atoms with van der Waals surface area (Å²) in [5, 5.41) is 1.09. The molecule has 1 saturated heterocycles. The van der Waals surface area contributed by atoms with Crippen molar-refractivity contribution >= 4 is 16.9 Å². The normalized spacial score (nSPS) is 19.9. The van der Waals surface area contributed by atoms with E-state index in [2.05, 4.69) is 51.5 Å². The molecule has 0 N–H and O–H groups in total. The molecule has 0 bridgehead atoms. The Bertz CT molecular complexity index is 993. The van der Waals surface area contributed by atoms with Gasteiger partial charge >= 0.3 is 0 Å². The molecule has 3 aromatic heterocycles. The first-order valence-electron chi connectivity index (χ1n) is 10.2. The van der Waals surface area contributed by atoms with E-state index in [4.69, 9.17) is 0 Å². The maximum Gasteiger partial charge on any atom is 0.224 e. The molecule has 1 aliphatic rings. The zero-order valence-electron chi connectivity index (χ0n) is 16.9. The Morgan fingerprint density at radius 3 is 2.79 bits per heavy atom. The topological polar surface area (TPSA) is 51.0 Å². The highest BCUT2D eigenvalue weighted by Crippen LogP contribution is 2.29. The molecule has 1 amide bonds. The maximum atomic E-state index is 13.0. The molecule has 0 radical (unpaired) electrons. The van der Waals surface area contributed by atoms with Crippen molar-refractivity contribution in [1.82, 2.24) is 19.4 Å². The van der Waals surface area contributed by atoms with E-state index in [1.54, 1.807) is 0 Å². The summed E-state index contributed by atoms with van der Waals surface area (Å²) < 4.78 is 2.18. The van der Waals surface area contributed by atoms with Crippen LogP contribution < -0.4 is 0 Å². The van der Waals surface area contributed by atoms with Crippen molar-refractivity contribution in [3.05, 3.63) is 48.4 Å². The molecule has 1 fully saturated rings. The van der Waals surface area contributed by atoms with Gasteiger partial charge in [0, 0.05) is 54.6 Å². The van der Waals surface area contributed by atoms with E-state index in [0.717, 1.165) is 41.0 Å². The third-order valence-corrected chi connectivity index (χ3v) is 6.18. The summed E-state index contributed by atoms with van der Waals surface area (Å²) in [5.74, 6) is 0.811. The molecule has 4 heterocycles. The lowest BCUT2D eigenvalue weighted by Crippen LogP contribution is -2.46. The number of likely N-dealkylation sites (tertiary alicyclic amines) is 1. The number of nitrogens with zero attached hydrogens (tertiary/aromatic N) is 4. The van der Waals surface area contributed by atoms with Gasteiger partial charge in [-0.2, -0.15) is 0 Å². The van der Waals surface area contributed by atoms with Gasteiger partial charge in [0.1, 0.15) is 5.65 Å². The molecule has 5 nitrogen and oxygen atoms in total. The first-order valence-corrected chi connectivity index (χ1v) is 10.2. The summed E-state index contributed by atoms with van der Waals surface area (Å²) in [5.41, 5.74) is 4.07. The third-order valence-electron chi connectivity index (χ3n) is 6.18. The number of piperidine rings is 1. The van der Waals surface area contributed by atoms with Gasteiger partial charge in [0.25, 0.3) is 0 Å². The number of hydrogen-bond acceptors (Lipinski definition) is 3. The first kappa shape index (κ1) is 18.7. The van der Waals surface area contributed by atoms with Crippen molar-refractivity contribution in [3.63, 3.8) is 0 Å². The minimum absolute atomic E-state index is 0.241. The molecule has 0 saturated carbocycles. The van der Waals surface area contributed by atoms with Crippen molar-refractivity contribution in [2.75, 3.05) is 6.54 Å². The Morgan fingerprint density at radius 2 is 1.96 bits per heavy atom. The predicted octanol–water partition coefficient (Wildman–Crippen LogP) is 4.44. The number of carbonyl (C=O) groups excluding carboxylic acids is 1. The van der Waals surface area contributed by atoms with Crippen LogP contribution in [0.4, 0.5) is 0 Å². The Labute approximate surface area is 166 Å². The van der Waals surface area contributed by atoms with Crippen LogP contribution in [-0.4, -0.2) is 37.9 Å². The predicted molar refractivity (Wildman–Crippen MR) is 112 cm³/mol. The van der Waals surface area contributed by atoms with Gasteiger partial charge in [0.05, 0.1) is 5.69 Å². The van der Waals surface area contributed by atoms with Gasteiger partial charge in [-0.25, -0.2) is 4.98 Å². The van der Waals surface area contributed by atoms with Gasteiger partial charge in [-0.1, -0.05) is 6.92 Å². The second kappa shape index (κ2) is 7.74. The zero-order valence-corrected chi connectivity index (χ0v) is 16.9. The zero-order chi connectivity index (χ0) is 19.7. The highest BCUT2D eigenvalue weighted by atomic mass is 16.2. The Balaban J connectivity index is 1.64. The summed E-state index contributed by atoms with van der Waals surface area (Å²) in [6.07, 6.45) is 6.43. The van der Waals surface area contributed by atoms with Gasteiger partial charge < -0.3 is 9.47 Å². The lowest BCUT2D eigenvalue weighted by Gasteiger charge is -2.38. The fourth-order valence-corrected chi connectivity index (χ4v) is 4.33. The number of carbonyl (C=O) groups is 1. The Morgan fingerprint density at radius 1 is 1.18 bits per heavy atom. The molecule has 146 valence electrons. The number of amides is 1. The molecule has 0 unspecified atom stereocenters. The fourth-order valence-electron chi connectivity index (χ4n) is 4.33. The van der Waals surface area contributed by atoms with E-state index in [9.17, 15) is 4.79 Å². The lowest BCUT2D eigenvalue weighted by atomic mass is 9.92. The van der Waals surface area contributed by atoms with Crippen molar-refractivity contribution < 1.29 is 4.79 Å². The monoisotopic (exact) mass is 376 g/mol. The maximum absolute atomic E-state index is 13.0. The average molecular weight is 377 g/mol. The lowest BCUT2D eigenvalue weighted by molar-refractivity contribution is -0.135. The largest absolute Gasteiger partial charge is 0.340 e. The molecule has 1 aliphatic heterocycles. The van der Waals surface area contributed by atoms with Crippen LogP contribution in [0.1, 0.15) is 38.8 Å². The van der Waals surface area contributed by atoms with E-state index >= 15 is 0 Å². The second-order valence-electron chi connectivity index (χ2n) is 7.93. The van der Waals surface area contributed by atoms with Gasteiger partial charge in [0.15, 0.2) is 0 Å². The van der Waals surface area contributed by atoms with Gasteiger partial charge in [-0.15, -0.1) is 0 Å². The highest BCUT2D eigenvalue weighted by Gasteiger charge is 2.28. The summed E-state index contributed by atoms with van der Waals surface area (Å²) in [6, 6.07) is 10.5. The Kier molecular flexibility index (Phi) is 5.16. The number of pyridine rings is 2. The summed E-state index contributed by atoms with van der Waals surface area (Å²) >= 11 is 0. The van der Waals surface area contributed by atoms with E-state index in [1.165, 1.54) is 6.42 Å². The van der Waals surface area contributed by atoms with Gasteiger partial charge in [-0.3, -0.25) is 9.78 Å². The SMILES string of the molecule is Cc1ncccc1-c1cc2cccnc2n1CCC(=O)N1CCC[C@@H](C)[C@H]1C. The molecule has 3 aromatic rings. The molecular formula is C23H28N4O. The van der Waals surface area contributed by atoms with Crippen molar-refractivity contribution in [2.45, 2.75) is 52.6 Å². The molecular weight excluding hydrogens is 348 g/mol. The molecule has 0 aliphatic carbocycles. The van der Waals surface area contributed by atoms with Crippen LogP contribution in [0.2, 0.25) is 0 Å². The highest BCUT2D eigenvalue weighted by molar-refractivity contribution is 5.85. The van der Waals surface area contributed by atoms with Crippen LogP contribution in [0.5, 0.6) is 0 Å². The van der Waals surface area contributed by atoms with Crippen LogP contribution in [-0.2, 0) is 11.3 Å². The summed E-state index contributed by atoms with van der Waals surface area (Å²) in [6.45, 7) is 7.95. The minimum Gasteiger partial charge on any atom is -0.340 e. The van der Waals surface area contributed by atoms with E-state index < -0.39 is 0 Å². The van der Waals surface area contributed by atoms with Crippen molar-refractivity contribution in [3.8, 4) is 11.3 Å². The molecule has 2 atom stereocenters. The summed E-state index contributed by atoms with van der Waals surface area (Å²) in [7, 11) is 0. The summed E-state index contributed by atoms with van der Waals surface area (Å²) in [4.78, 5) is 24.1. The van der Waals surface area contributed by atoms with Gasteiger partial charge in [-0.05, 0) is 62.9 Å². The van der Waals surface area contributed by atoms with E-state index in [0.29, 0.717) is 24.9 Å². The smallest absolute Gasteiger partial charge is 0.224 e. The number of hydrogen-bond donors (Lipinski definition) is 0. The quantitative estimate of drug-likeness (QED) is 0.676. The Hall–Kier alpha value is -2.69. The molecule has 28 heavy (non-hydrogen) atoms. The first-order chi connectivity index (χ1) is 13.6. The molecule has 0 aromatic carbocycles. The number of aryl methyl sites for hydroxylation is 2. The van der Waals surface area contributed by atoms with Crippen molar-refractivity contribution in [1.29, 1.82) is 0 Å². The van der Waals surface area contributed by atoms with Crippen LogP contribution in [0.25, 0.3) is 22.3 Å². The second-order valence-corrected chi connectivity index (χ2v) is 7.93. The average Bonchev–Trinajstić information content (AvgIpc) is 3.07.